The molecule has 0 rings (SSSR count). The Bertz CT molecular complexity index is 126. The third-order valence-corrected chi connectivity index (χ3v) is 0.891. The molecule has 0 aliphatic heterocycles. The van der Waals surface area contributed by atoms with Gasteiger partial charge < -0.3 is 11.1 Å². The lowest BCUT2D eigenvalue weighted by Gasteiger charge is -1.82. The Kier molecular flexibility index (Phi) is 4.64. The van der Waals surface area contributed by atoms with E-state index in [1.807, 2.05) is 0 Å². The van der Waals surface area contributed by atoms with Crippen molar-refractivity contribution >= 4 is 28.8 Å². The maximum absolute atomic E-state index is 6.59. The van der Waals surface area contributed by atoms with Crippen molar-refractivity contribution in [2.24, 2.45) is 5.73 Å². The summed E-state index contributed by atoms with van der Waals surface area (Å²) in [4.78, 5) is 0. The van der Waals surface area contributed by atoms with Crippen LogP contribution >= 0.6 is 22.6 Å². The highest BCUT2D eigenvalue weighted by Gasteiger charge is 1.73. The highest BCUT2D eigenvalue weighted by molar-refractivity contribution is 14.1. The fourth-order valence-electron chi connectivity index (χ4n) is 0.225. The van der Waals surface area contributed by atoms with E-state index in [9.17, 15) is 0 Å². The minimum absolute atomic E-state index is 0.606. The van der Waals surface area contributed by atoms with Gasteiger partial charge in [0.15, 0.2) is 0 Å². The average Bonchev–Trinajstić information content (AvgIpc) is 1.68. The van der Waals surface area contributed by atoms with E-state index < -0.39 is 0 Å². The molecule has 0 heterocycles. The molecular weight excluding hydrogens is 215 g/mol. The van der Waals surface area contributed by atoms with Gasteiger partial charge in [-0.3, -0.25) is 0 Å². The van der Waals surface area contributed by atoms with Gasteiger partial charge in [0.25, 0.3) is 0 Å². The van der Waals surface area contributed by atoms with E-state index >= 15 is 0 Å². The van der Waals surface area contributed by atoms with Gasteiger partial charge in [0.2, 0.25) is 0 Å². The van der Waals surface area contributed by atoms with Crippen molar-refractivity contribution in [3.8, 4) is 0 Å². The van der Waals surface area contributed by atoms with E-state index in [4.69, 9.17) is 11.1 Å². The van der Waals surface area contributed by atoms with Crippen molar-refractivity contribution in [1.29, 1.82) is 5.41 Å². The van der Waals surface area contributed by atoms with Crippen LogP contribution in [0.15, 0.2) is 21.9 Å². The van der Waals surface area contributed by atoms with Crippen molar-refractivity contribution in [3.63, 3.8) is 0 Å². The maximum atomic E-state index is 6.59. The van der Waals surface area contributed by atoms with Crippen molar-refractivity contribution in [2.75, 3.05) is 0 Å². The zero-order valence-corrected chi connectivity index (χ0v) is 6.42. The highest BCUT2D eigenvalue weighted by Crippen LogP contribution is 1.89. The molecule has 0 atom stereocenters. The van der Waals surface area contributed by atoms with E-state index in [2.05, 4.69) is 22.6 Å². The van der Waals surface area contributed by atoms with Crippen molar-refractivity contribution in [2.45, 2.75) is 0 Å². The fourth-order valence-corrected chi connectivity index (χ4v) is 0.640. The van der Waals surface area contributed by atoms with Gasteiger partial charge in [-0.25, -0.2) is 0 Å². The lowest BCUT2D eigenvalue weighted by molar-refractivity contribution is 1.44. The SMILES string of the molecule is N=C/C=C(N)\C=C/I. The Hall–Kier alpha value is -0.320. The summed E-state index contributed by atoms with van der Waals surface area (Å²) in [6.45, 7) is 0. The summed E-state index contributed by atoms with van der Waals surface area (Å²) in [5.74, 6) is 0. The summed E-state index contributed by atoms with van der Waals surface area (Å²) in [6, 6.07) is 0. The zero-order valence-electron chi connectivity index (χ0n) is 4.26. The summed E-state index contributed by atoms with van der Waals surface area (Å²) in [6.07, 6.45) is 4.41. The molecule has 0 saturated heterocycles. The van der Waals surface area contributed by atoms with Crippen molar-refractivity contribution < 1.29 is 0 Å². The number of nitrogens with one attached hydrogen (secondary N) is 1. The van der Waals surface area contributed by atoms with Gasteiger partial charge in [0.1, 0.15) is 0 Å². The first-order chi connectivity index (χ1) is 3.81. The average molecular weight is 222 g/mol. The third-order valence-electron chi connectivity index (χ3n) is 0.531. The van der Waals surface area contributed by atoms with E-state index in [1.54, 1.807) is 10.2 Å². The number of halogens is 1. The molecule has 0 radical (unpaired) electrons. The molecule has 0 aromatic heterocycles. The van der Waals surface area contributed by atoms with Crippen LogP contribution in [-0.4, -0.2) is 6.21 Å². The molecule has 0 fully saturated rings. The molecule has 44 valence electrons. The Labute approximate surface area is 62.1 Å². The monoisotopic (exact) mass is 222 g/mol. The molecule has 0 aromatic rings. The van der Waals surface area contributed by atoms with Gasteiger partial charge in [-0.2, -0.15) is 0 Å². The fraction of sp³-hybridized carbons (Fsp3) is 0. The molecule has 0 bridgehead atoms. The first-order valence-electron chi connectivity index (χ1n) is 2.04. The van der Waals surface area contributed by atoms with Crippen LogP contribution in [0.25, 0.3) is 0 Å². The largest absolute Gasteiger partial charge is 0.399 e. The second-order valence-corrected chi connectivity index (χ2v) is 1.85. The number of nitrogens with two attached hydrogens (primary N) is 1. The first kappa shape index (κ1) is 7.68. The first-order valence-corrected chi connectivity index (χ1v) is 3.29. The van der Waals surface area contributed by atoms with Crippen LogP contribution in [-0.2, 0) is 0 Å². The zero-order chi connectivity index (χ0) is 6.41. The van der Waals surface area contributed by atoms with Crippen LogP contribution in [0.2, 0.25) is 0 Å². The van der Waals surface area contributed by atoms with Gasteiger partial charge in [-0.05, 0) is 16.2 Å². The smallest absolute Gasteiger partial charge is 0.0333 e. The predicted octanol–water partition coefficient (Wildman–Crippen LogP) is 1.43. The summed E-state index contributed by atoms with van der Waals surface area (Å²) in [5, 5.41) is 6.59. The normalized spacial score (nSPS) is 12.4. The molecule has 0 unspecified atom stereocenters. The maximum Gasteiger partial charge on any atom is 0.0333 e. The van der Waals surface area contributed by atoms with Crippen LogP contribution in [0.5, 0.6) is 0 Å². The Morgan fingerprint density at radius 3 is 2.62 bits per heavy atom. The molecule has 0 aliphatic carbocycles. The Balaban J connectivity index is 3.79. The molecule has 0 saturated carbocycles. The molecule has 8 heavy (non-hydrogen) atoms. The Morgan fingerprint density at radius 1 is 1.62 bits per heavy atom. The van der Waals surface area contributed by atoms with Gasteiger partial charge in [-0.1, -0.05) is 22.6 Å². The summed E-state index contributed by atoms with van der Waals surface area (Å²) in [7, 11) is 0. The number of hydrogen-bond donors (Lipinski definition) is 2. The van der Waals surface area contributed by atoms with Crippen LogP contribution in [0, 0.1) is 5.41 Å². The summed E-state index contributed by atoms with van der Waals surface area (Å²) in [5.41, 5.74) is 5.92. The molecule has 3 N–H and O–H groups in total. The van der Waals surface area contributed by atoms with Gasteiger partial charge >= 0.3 is 0 Å². The topological polar surface area (TPSA) is 49.9 Å². The molecular formula is C5H7IN2. The lowest BCUT2D eigenvalue weighted by atomic mass is 10.4. The van der Waals surface area contributed by atoms with Gasteiger partial charge in [-0.15, -0.1) is 0 Å². The van der Waals surface area contributed by atoms with Crippen LogP contribution in [0.1, 0.15) is 0 Å². The van der Waals surface area contributed by atoms with Crippen LogP contribution < -0.4 is 5.73 Å². The van der Waals surface area contributed by atoms with Crippen molar-refractivity contribution in [1.82, 2.24) is 0 Å². The molecule has 0 spiro atoms. The van der Waals surface area contributed by atoms with Crippen LogP contribution in [0.3, 0.4) is 0 Å². The highest BCUT2D eigenvalue weighted by atomic mass is 127. The van der Waals surface area contributed by atoms with E-state index in [0.29, 0.717) is 5.70 Å². The Morgan fingerprint density at radius 2 is 2.25 bits per heavy atom. The van der Waals surface area contributed by atoms with Gasteiger partial charge in [0.05, 0.1) is 0 Å². The minimum Gasteiger partial charge on any atom is -0.399 e. The molecule has 0 aromatic carbocycles. The quantitative estimate of drug-likeness (QED) is 0.414. The summed E-state index contributed by atoms with van der Waals surface area (Å²) >= 11 is 2.07. The number of hydrogen-bond acceptors (Lipinski definition) is 2. The number of rotatable bonds is 2. The van der Waals surface area contributed by atoms with E-state index in [1.165, 1.54) is 6.08 Å². The molecule has 0 amide bonds. The second-order valence-electron chi connectivity index (χ2n) is 1.13. The van der Waals surface area contributed by atoms with E-state index in [-0.39, 0.29) is 0 Å². The predicted molar refractivity (Wildman–Crippen MR) is 44.2 cm³/mol. The second kappa shape index (κ2) is 4.83. The summed E-state index contributed by atoms with van der Waals surface area (Å²) < 4.78 is 1.80. The molecule has 2 nitrogen and oxygen atoms in total. The van der Waals surface area contributed by atoms with Gasteiger partial charge in [0, 0.05) is 11.9 Å². The molecule has 0 aliphatic rings. The lowest BCUT2D eigenvalue weighted by Crippen LogP contribution is -1.91. The standard InChI is InChI=1S/C5H7IN2/c6-3-1-5(8)2-4-7/h1-4,7H,8H2/b3-1-,5-2+,7-4?. The van der Waals surface area contributed by atoms with Crippen LogP contribution in [0.4, 0.5) is 0 Å². The van der Waals surface area contributed by atoms with E-state index in [0.717, 1.165) is 6.21 Å². The number of allylic oxidation sites excluding steroid dienone is 2. The van der Waals surface area contributed by atoms with Crippen molar-refractivity contribution in [3.05, 3.63) is 21.9 Å². The third kappa shape index (κ3) is 3.86. The minimum atomic E-state index is 0.606. The molecule has 3 heteroatoms.